The lowest BCUT2D eigenvalue weighted by atomic mass is 9.69. The topological polar surface area (TPSA) is 41.9 Å². The Hall–Kier alpha value is -1.30. The molecule has 2 heterocycles. The van der Waals surface area contributed by atoms with E-state index in [1.54, 1.807) is 7.11 Å². The molecule has 3 aliphatic rings. The van der Waals surface area contributed by atoms with Crippen LogP contribution in [0.25, 0.3) is 0 Å². The number of ether oxygens (including phenoxy) is 2. The molecule has 2 aliphatic heterocycles. The molecule has 128 valence electrons. The fraction of sp³-hybridized carbons (Fsp3) is 0.474. The van der Waals surface area contributed by atoms with Gasteiger partial charge in [-0.2, -0.15) is 0 Å². The van der Waals surface area contributed by atoms with Gasteiger partial charge in [-0.1, -0.05) is 34.2 Å². The van der Waals surface area contributed by atoms with Crippen molar-refractivity contribution in [2.75, 3.05) is 20.2 Å². The minimum absolute atomic E-state index is 0.0434. The van der Waals surface area contributed by atoms with Crippen molar-refractivity contribution in [1.82, 2.24) is 4.90 Å². The second kappa shape index (κ2) is 5.90. The molecule has 0 radical (unpaired) electrons. The van der Waals surface area contributed by atoms with Crippen molar-refractivity contribution in [1.29, 1.82) is 0 Å². The van der Waals surface area contributed by atoms with Gasteiger partial charge in [0.05, 0.1) is 18.6 Å². The highest BCUT2D eigenvalue weighted by Crippen LogP contribution is 2.57. The van der Waals surface area contributed by atoms with E-state index in [2.05, 4.69) is 33.5 Å². The number of benzene rings is 1. The molecule has 0 aromatic heterocycles. The highest BCUT2D eigenvalue weighted by Gasteiger charge is 2.53. The number of rotatable bonds is 3. The lowest BCUT2D eigenvalue weighted by molar-refractivity contribution is 0.0816. The van der Waals surface area contributed by atoms with Crippen LogP contribution in [0.3, 0.4) is 0 Å². The molecule has 1 aromatic rings. The molecule has 4 rings (SSSR count). The van der Waals surface area contributed by atoms with E-state index >= 15 is 0 Å². The summed E-state index contributed by atoms with van der Waals surface area (Å²) in [7, 11) is 1.67. The summed E-state index contributed by atoms with van der Waals surface area (Å²) in [5.41, 5.74) is 2.30. The lowest BCUT2D eigenvalue weighted by Gasteiger charge is -2.35. The van der Waals surface area contributed by atoms with Crippen molar-refractivity contribution in [3.63, 3.8) is 0 Å². The highest BCUT2D eigenvalue weighted by atomic mass is 79.9. The van der Waals surface area contributed by atoms with E-state index < -0.39 is 6.10 Å². The van der Waals surface area contributed by atoms with Gasteiger partial charge in [0.2, 0.25) is 0 Å². The quantitative estimate of drug-likeness (QED) is 0.803. The summed E-state index contributed by atoms with van der Waals surface area (Å²) < 4.78 is 13.0. The molecule has 0 unspecified atom stereocenters. The van der Waals surface area contributed by atoms with Gasteiger partial charge in [0.25, 0.3) is 0 Å². The standard InChI is InChI=1S/C19H22BrNO3/c1-3-7-21-8-6-19-5-4-12(22)9-16(19)24-18-15(23-2)10-14(20)13(11-21)17(18)19/h3-5,10,12,16,22H,1,6-9,11H2,2H3/t12-,16-,19-/m1/s1. The highest BCUT2D eigenvalue weighted by molar-refractivity contribution is 9.10. The van der Waals surface area contributed by atoms with Crippen LogP contribution in [0.1, 0.15) is 24.0 Å². The Bertz CT molecular complexity index is 717. The monoisotopic (exact) mass is 391 g/mol. The van der Waals surface area contributed by atoms with Gasteiger partial charge in [0.15, 0.2) is 11.5 Å². The van der Waals surface area contributed by atoms with Crippen LogP contribution < -0.4 is 9.47 Å². The van der Waals surface area contributed by atoms with Crippen LogP contribution >= 0.6 is 15.9 Å². The number of aliphatic hydroxyl groups excluding tert-OH is 1. The molecule has 0 bridgehead atoms. The third-order valence-electron chi connectivity index (χ3n) is 5.50. The fourth-order valence-corrected chi connectivity index (χ4v) is 4.89. The maximum absolute atomic E-state index is 10.1. The van der Waals surface area contributed by atoms with Crippen molar-refractivity contribution in [2.24, 2.45) is 0 Å². The Kier molecular flexibility index (Phi) is 3.98. The maximum atomic E-state index is 10.1. The van der Waals surface area contributed by atoms with Gasteiger partial charge in [-0.05, 0) is 18.1 Å². The Balaban J connectivity index is 1.93. The summed E-state index contributed by atoms with van der Waals surface area (Å²) in [6.07, 6.45) is 7.15. The minimum Gasteiger partial charge on any atom is -0.493 e. The second-order valence-electron chi connectivity index (χ2n) is 6.83. The van der Waals surface area contributed by atoms with Gasteiger partial charge in [-0.3, -0.25) is 4.90 Å². The Morgan fingerprint density at radius 2 is 2.42 bits per heavy atom. The van der Waals surface area contributed by atoms with E-state index in [-0.39, 0.29) is 11.5 Å². The van der Waals surface area contributed by atoms with Gasteiger partial charge in [0.1, 0.15) is 6.10 Å². The summed E-state index contributed by atoms with van der Waals surface area (Å²) >= 11 is 3.74. The number of hydrogen-bond donors (Lipinski definition) is 1. The summed E-state index contributed by atoms with van der Waals surface area (Å²) in [5, 5.41) is 10.1. The summed E-state index contributed by atoms with van der Waals surface area (Å²) in [4.78, 5) is 2.41. The number of halogens is 1. The largest absolute Gasteiger partial charge is 0.493 e. The first-order valence-electron chi connectivity index (χ1n) is 8.36. The van der Waals surface area contributed by atoms with Crippen molar-refractivity contribution >= 4 is 15.9 Å². The van der Waals surface area contributed by atoms with Crippen molar-refractivity contribution in [2.45, 2.75) is 37.0 Å². The molecule has 1 aliphatic carbocycles. The van der Waals surface area contributed by atoms with Gasteiger partial charge >= 0.3 is 0 Å². The van der Waals surface area contributed by atoms with E-state index in [4.69, 9.17) is 9.47 Å². The van der Waals surface area contributed by atoms with Crippen LogP contribution in [0, 0.1) is 0 Å². The molecule has 1 spiro atoms. The summed E-state index contributed by atoms with van der Waals surface area (Å²) in [6.45, 7) is 6.57. The van der Waals surface area contributed by atoms with Crippen LogP contribution in [-0.2, 0) is 12.0 Å². The summed E-state index contributed by atoms with van der Waals surface area (Å²) in [5.74, 6) is 1.61. The molecule has 1 N–H and O–H groups in total. The van der Waals surface area contributed by atoms with Crippen LogP contribution in [-0.4, -0.2) is 42.4 Å². The zero-order valence-electron chi connectivity index (χ0n) is 13.8. The van der Waals surface area contributed by atoms with Crippen LogP contribution in [0.5, 0.6) is 11.5 Å². The Labute approximate surface area is 150 Å². The fourth-order valence-electron chi connectivity index (χ4n) is 4.35. The number of nitrogens with zero attached hydrogens (tertiary/aromatic N) is 1. The number of aliphatic hydroxyl groups is 1. The smallest absolute Gasteiger partial charge is 0.166 e. The first-order chi connectivity index (χ1) is 11.6. The first kappa shape index (κ1) is 16.2. The third-order valence-corrected chi connectivity index (χ3v) is 6.21. The lowest BCUT2D eigenvalue weighted by Crippen LogP contribution is -2.43. The van der Waals surface area contributed by atoms with Gasteiger partial charge in [0, 0.05) is 36.1 Å². The van der Waals surface area contributed by atoms with E-state index in [0.717, 1.165) is 42.0 Å². The number of hydrogen-bond acceptors (Lipinski definition) is 4. The maximum Gasteiger partial charge on any atom is 0.166 e. The summed E-state index contributed by atoms with van der Waals surface area (Å²) in [6, 6.07) is 2.00. The average Bonchev–Trinajstić information content (AvgIpc) is 2.79. The SMILES string of the molecule is C=CCN1CC[C@]23C=C[C@@H](O)C[C@H]2Oc2c(OC)cc(Br)c(c23)C1. The predicted molar refractivity (Wildman–Crippen MR) is 96.6 cm³/mol. The zero-order valence-corrected chi connectivity index (χ0v) is 15.4. The second-order valence-corrected chi connectivity index (χ2v) is 7.68. The van der Waals surface area contributed by atoms with E-state index in [9.17, 15) is 5.11 Å². The van der Waals surface area contributed by atoms with Crippen molar-refractivity contribution < 1.29 is 14.6 Å². The van der Waals surface area contributed by atoms with Crippen LogP contribution in [0.4, 0.5) is 0 Å². The molecule has 0 saturated carbocycles. The zero-order chi connectivity index (χ0) is 16.9. The molecule has 0 amide bonds. The van der Waals surface area contributed by atoms with E-state index in [1.165, 1.54) is 11.1 Å². The molecular weight excluding hydrogens is 370 g/mol. The predicted octanol–water partition coefficient (Wildman–Crippen LogP) is 3.17. The molecule has 0 saturated heterocycles. The Morgan fingerprint density at radius 3 is 3.17 bits per heavy atom. The van der Waals surface area contributed by atoms with Gasteiger partial charge in [-0.25, -0.2) is 0 Å². The first-order valence-corrected chi connectivity index (χ1v) is 9.15. The third kappa shape index (κ3) is 2.25. The minimum atomic E-state index is -0.444. The Morgan fingerprint density at radius 1 is 1.58 bits per heavy atom. The molecule has 1 aromatic carbocycles. The molecular formula is C19H22BrNO3. The molecule has 4 nitrogen and oxygen atoms in total. The van der Waals surface area contributed by atoms with Gasteiger partial charge < -0.3 is 14.6 Å². The number of methoxy groups -OCH3 is 1. The molecule has 5 heteroatoms. The van der Waals surface area contributed by atoms with Gasteiger partial charge in [-0.15, -0.1) is 6.58 Å². The van der Waals surface area contributed by atoms with Crippen molar-refractivity contribution in [3.8, 4) is 11.5 Å². The van der Waals surface area contributed by atoms with E-state index in [0.29, 0.717) is 6.42 Å². The van der Waals surface area contributed by atoms with Crippen LogP contribution in [0.2, 0.25) is 0 Å². The van der Waals surface area contributed by atoms with Crippen LogP contribution in [0.15, 0.2) is 35.3 Å². The van der Waals surface area contributed by atoms with E-state index in [1.807, 2.05) is 18.2 Å². The molecule has 3 atom stereocenters. The molecule has 24 heavy (non-hydrogen) atoms. The molecule has 0 fully saturated rings. The van der Waals surface area contributed by atoms with Crippen molar-refractivity contribution in [3.05, 3.63) is 46.5 Å². The average molecular weight is 392 g/mol. The normalized spacial score (nSPS) is 31.0.